The fraction of sp³-hybridized carbons (Fsp3) is 0.533. The normalized spacial score (nSPS) is 25.2. The highest BCUT2D eigenvalue weighted by molar-refractivity contribution is 7.89. The van der Waals surface area contributed by atoms with E-state index in [1.165, 1.54) is 4.90 Å². The van der Waals surface area contributed by atoms with Crippen molar-refractivity contribution in [2.75, 3.05) is 19.6 Å². The summed E-state index contributed by atoms with van der Waals surface area (Å²) >= 11 is 0. The van der Waals surface area contributed by atoms with Gasteiger partial charge in [0, 0.05) is 19.3 Å². The minimum absolute atomic E-state index is 0.0625. The molecule has 1 aromatic rings. The maximum Gasteiger partial charge on any atom is 0.311 e. The molecular weight excluding hydrogens is 364 g/mol. The molecule has 0 spiro atoms. The van der Waals surface area contributed by atoms with Crippen molar-refractivity contribution in [2.24, 2.45) is 17.1 Å². The van der Waals surface area contributed by atoms with Gasteiger partial charge < -0.3 is 20.7 Å². The monoisotopic (exact) mass is 384 g/mol. The van der Waals surface area contributed by atoms with Crippen molar-refractivity contribution in [3.8, 4) is 0 Å². The molecule has 3 rings (SSSR count). The highest BCUT2D eigenvalue weighted by Crippen LogP contribution is 2.48. The second kappa shape index (κ2) is 6.40. The molecule has 2 heterocycles. The Morgan fingerprint density at radius 2 is 2.15 bits per heavy atom. The average molecular weight is 384 g/mol. The molecule has 10 nitrogen and oxygen atoms in total. The van der Waals surface area contributed by atoms with E-state index in [9.17, 15) is 27.9 Å². The van der Waals surface area contributed by atoms with Gasteiger partial charge in [0.2, 0.25) is 15.9 Å². The van der Waals surface area contributed by atoms with Gasteiger partial charge in [0.15, 0.2) is 0 Å². The third-order valence-corrected chi connectivity index (χ3v) is 6.68. The Bertz CT molecular complexity index is 863. The summed E-state index contributed by atoms with van der Waals surface area (Å²) in [7, 11) is -4.00. The Kier molecular flexibility index (Phi) is 4.53. The summed E-state index contributed by atoms with van der Waals surface area (Å²) in [5.74, 6) is -2.27. The van der Waals surface area contributed by atoms with E-state index in [0.717, 1.165) is 25.1 Å². The Morgan fingerprint density at radius 3 is 2.73 bits per heavy atom. The van der Waals surface area contributed by atoms with E-state index < -0.39 is 39.8 Å². The molecule has 2 aliphatic rings. The molecule has 0 aromatic carbocycles. The first kappa shape index (κ1) is 18.4. The van der Waals surface area contributed by atoms with Gasteiger partial charge in [0.25, 0.3) is 5.91 Å². The number of likely N-dealkylation sites (tertiary alicyclic amines) is 1. The van der Waals surface area contributed by atoms with Crippen LogP contribution in [0.2, 0.25) is 0 Å². The number of rotatable bonds is 6. The van der Waals surface area contributed by atoms with Crippen LogP contribution in [0.4, 0.5) is 0 Å². The first-order valence-electron chi connectivity index (χ1n) is 8.15. The Morgan fingerprint density at radius 1 is 1.42 bits per heavy atom. The van der Waals surface area contributed by atoms with Crippen molar-refractivity contribution in [1.29, 1.82) is 0 Å². The zero-order valence-electron chi connectivity index (χ0n) is 13.9. The van der Waals surface area contributed by atoms with Crippen molar-refractivity contribution in [1.82, 2.24) is 14.6 Å². The fourth-order valence-corrected chi connectivity index (χ4v) is 4.82. The number of primary amides is 1. The van der Waals surface area contributed by atoms with Gasteiger partial charge in [-0.05, 0) is 24.8 Å². The van der Waals surface area contributed by atoms with E-state index in [0.29, 0.717) is 13.0 Å². The molecule has 5 N–H and O–H groups in total. The highest BCUT2D eigenvalue weighted by atomic mass is 32.2. The third-order valence-electron chi connectivity index (χ3n) is 5.30. The van der Waals surface area contributed by atoms with E-state index in [1.54, 1.807) is 0 Å². The number of carboxylic acids is 1. The summed E-state index contributed by atoms with van der Waals surface area (Å²) in [6.07, 6.45) is 3.21. The number of sulfonamides is 1. The number of carboxylic acid groups (broad SMARTS) is 1. The van der Waals surface area contributed by atoms with E-state index >= 15 is 0 Å². The molecule has 2 amide bonds. The number of carbonyl (C=O) groups is 3. The number of nitrogens with zero attached hydrogens (tertiary/aromatic N) is 1. The third kappa shape index (κ3) is 3.07. The van der Waals surface area contributed by atoms with Crippen molar-refractivity contribution >= 4 is 27.8 Å². The van der Waals surface area contributed by atoms with Crippen LogP contribution in [0.1, 0.15) is 29.8 Å². The topological polar surface area (TPSA) is 163 Å². The lowest BCUT2D eigenvalue weighted by atomic mass is 9.81. The van der Waals surface area contributed by atoms with Gasteiger partial charge in [0.1, 0.15) is 10.6 Å². The maximum absolute atomic E-state index is 12.4. The molecule has 2 atom stereocenters. The molecule has 1 aromatic heterocycles. The van der Waals surface area contributed by atoms with E-state index in [-0.39, 0.29) is 23.1 Å². The number of aromatic nitrogens is 1. The maximum atomic E-state index is 12.4. The van der Waals surface area contributed by atoms with Crippen LogP contribution in [0.3, 0.4) is 0 Å². The van der Waals surface area contributed by atoms with Gasteiger partial charge in [-0.3, -0.25) is 14.4 Å². The molecule has 1 aliphatic carbocycles. The van der Waals surface area contributed by atoms with Crippen LogP contribution >= 0.6 is 0 Å². The lowest BCUT2D eigenvalue weighted by molar-refractivity contribution is -0.149. The molecule has 11 heteroatoms. The van der Waals surface area contributed by atoms with Crippen LogP contribution in [0.5, 0.6) is 0 Å². The second-order valence-corrected chi connectivity index (χ2v) is 8.53. The fourth-order valence-electron chi connectivity index (χ4n) is 3.85. The van der Waals surface area contributed by atoms with Crippen molar-refractivity contribution < 1.29 is 27.9 Å². The van der Waals surface area contributed by atoms with Gasteiger partial charge >= 0.3 is 5.97 Å². The van der Waals surface area contributed by atoms with Crippen LogP contribution in [-0.4, -0.2) is 60.8 Å². The summed E-state index contributed by atoms with van der Waals surface area (Å²) in [6, 6.07) is 1.08. The molecule has 0 bridgehead atoms. The van der Waals surface area contributed by atoms with Gasteiger partial charge in [-0.15, -0.1) is 0 Å². The van der Waals surface area contributed by atoms with Crippen LogP contribution < -0.4 is 10.5 Å². The highest BCUT2D eigenvalue weighted by Gasteiger charge is 2.55. The zero-order valence-corrected chi connectivity index (χ0v) is 14.7. The zero-order chi connectivity index (χ0) is 19.1. The number of carbonyl (C=O) groups excluding carboxylic acids is 2. The number of nitrogens with two attached hydrogens (primary N) is 1. The summed E-state index contributed by atoms with van der Waals surface area (Å²) in [4.78, 5) is 38.7. The number of nitrogens with one attached hydrogen (secondary N) is 2. The molecule has 1 aliphatic heterocycles. The van der Waals surface area contributed by atoms with E-state index in [2.05, 4.69) is 9.71 Å². The molecule has 0 unspecified atom stereocenters. The molecule has 26 heavy (non-hydrogen) atoms. The molecular formula is C15H20N4O6S. The first-order chi connectivity index (χ1) is 12.2. The lowest BCUT2D eigenvalue weighted by Crippen LogP contribution is -2.41. The smallest absolute Gasteiger partial charge is 0.311 e. The number of H-pyrrole nitrogens is 1. The Balaban J connectivity index is 1.64. The summed E-state index contributed by atoms with van der Waals surface area (Å²) < 4.78 is 26.6. The van der Waals surface area contributed by atoms with Crippen molar-refractivity contribution in [3.05, 3.63) is 18.0 Å². The van der Waals surface area contributed by atoms with E-state index in [4.69, 9.17) is 5.73 Å². The van der Waals surface area contributed by atoms with Crippen molar-refractivity contribution in [3.63, 3.8) is 0 Å². The number of hydrogen-bond donors (Lipinski definition) is 4. The molecule has 0 radical (unpaired) electrons. The largest absolute Gasteiger partial charge is 0.481 e. The SMILES string of the molecule is NC(=O)c1cc(S(=O)(=O)NCC(=O)N2C[C@@H]3CCC[C@@]3(C(=O)O)C2)c[nH]1. The first-order valence-corrected chi connectivity index (χ1v) is 9.63. The predicted octanol–water partition coefficient (Wildman–Crippen LogP) is -0.895. The number of fused-ring (bicyclic) bond motifs is 1. The van der Waals surface area contributed by atoms with Crippen LogP contribution in [0.25, 0.3) is 0 Å². The van der Waals surface area contributed by atoms with Crippen LogP contribution in [0.15, 0.2) is 17.2 Å². The number of aromatic amines is 1. The molecule has 1 saturated heterocycles. The van der Waals surface area contributed by atoms with Gasteiger partial charge in [0.05, 0.1) is 12.0 Å². The minimum Gasteiger partial charge on any atom is -0.481 e. The van der Waals surface area contributed by atoms with Gasteiger partial charge in [-0.25, -0.2) is 13.1 Å². The average Bonchev–Trinajstić information content (AvgIpc) is 3.25. The van der Waals surface area contributed by atoms with Gasteiger partial charge in [-0.2, -0.15) is 0 Å². The summed E-state index contributed by atoms with van der Waals surface area (Å²) in [5, 5.41) is 9.54. The Hall–Kier alpha value is -2.40. The lowest BCUT2D eigenvalue weighted by Gasteiger charge is -2.23. The molecule has 1 saturated carbocycles. The summed E-state index contributed by atoms with van der Waals surface area (Å²) in [6.45, 7) is -0.0613. The van der Waals surface area contributed by atoms with Crippen LogP contribution in [0, 0.1) is 11.3 Å². The van der Waals surface area contributed by atoms with Gasteiger partial charge in [-0.1, -0.05) is 6.42 Å². The Labute approximate surface area is 149 Å². The summed E-state index contributed by atoms with van der Waals surface area (Å²) in [5.41, 5.74) is 4.09. The number of hydrogen-bond acceptors (Lipinski definition) is 5. The van der Waals surface area contributed by atoms with E-state index in [1.807, 2.05) is 0 Å². The number of aliphatic carboxylic acids is 1. The minimum atomic E-state index is -4.00. The molecule has 142 valence electrons. The molecule has 2 fully saturated rings. The standard InChI is InChI=1S/C15H20N4O6S/c16-13(21)11-4-10(5-17-11)26(24,25)18-6-12(20)19-7-9-2-1-3-15(9,8-19)14(22)23/h4-5,9,17-18H,1-3,6-8H2,(H2,16,21)(H,22,23)/t9-,15+/m0/s1. The number of amides is 2. The second-order valence-electron chi connectivity index (χ2n) is 6.76. The predicted molar refractivity (Wildman–Crippen MR) is 88.5 cm³/mol. The van der Waals surface area contributed by atoms with Crippen LogP contribution in [-0.2, 0) is 19.6 Å². The van der Waals surface area contributed by atoms with Crippen molar-refractivity contribution in [2.45, 2.75) is 24.2 Å². The quantitative estimate of drug-likeness (QED) is 0.497.